The summed E-state index contributed by atoms with van der Waals surface area (Å²) in [5, 5.41) is 9.04. The maximum Gasteiger partial charge on any atom is 0.0921 e. The molecule has 1 aliphatic rings. The van der Waals surface area contributed by atoms with Gasteiger partial charge in [0.1, 0.15) is 0 Å². The molecular formula is C11H16O2S. The quantitative estimate of drug-likeness (QED) is 0.816. The standard InChI is InChI=1S/C11H16O2S/c1-8-5-6-11(14-8)10-4-2-3-9(7-12)13-10/h5-6,9-10,12H,2-4,7H2,1H3. The maximum atomic E-state index is 9.04. The monoisotopic (exact) mass is 212 g/mol. The van der Waals surface area contributed by atoms with Crippen molar-refractivity contribution in [3.63, 3.8) is 0 Å². The fourth-order valence-corrected chi connectivity index (χ4v) is 2.82. The van der Waals surface area contributed by atoms with E-state index >= 15 is 0 Å². The Labute approximate surface area is 88.5 Å². The molecule has 2 unspecified atom stereocenters. The van der Waals surface area contributed by atoms with Gasteiger partial charge < -0.3 is 9.84 Å². The van der Waals surface area contributed by atoms with Crippen molar-refractivity contribution >= 4 is 11.3 Å². The van der Waals surface area contributed by atoms with Gasteiger partial charge in [-0.1, -0.05) is 0 Å². The molecule has 1 fully saturated rings. The minimum Gasteiger partial charge on any atom is -0.394 e. The molecule has 2 rings (SSSR count). The summed E-state index contributed by atoms with van der Waals surface area (Å²) >= 11 is 1.80. The Morgan fingerprint density at radius 3 is 3.00 bits per heavy atom. The molecule has 0 radical (unpaired) electrons. The van der Waals surface area contributed by atoms with Crippen LogP contribution in [0.4, 0.5) is 0 Å². The highest BCUT2D eigenvalue weighted by Crippen LogP contribution is 2.34. The minimum atomic E-state index is 0.0520. The normalized spacial score (nSPS) is 27.9. The highest BCUT2D eigenvalue weighted by molar-refractivity contribution is 7.12. The van der Waals surface area contributed by atoms with Crippen LogP contribution in [0.1, 0.15) is 35.1 Å². The molecule has 0 spiro atoms. The lowest BCUT2D eigenvalue weighted by Crippen LogP contribution is -2.24. The first-order valence-electron chi connectivity index (χ1n) is 5.12. The zero-order chi connectivity index (χ0) is 9.97. The van der Waals surface area contributed by atoms with E-state index in [-0.39, 0.29) is 18.8 Å². The van der Waals surface area contributed by atoms with Crippen LogP contribution in [0.15, 0.2) is 12.1 Å². The third-order valence-electron chi connectivity index (χ3n) is 2.63. The van der Waals surface area contributed by atoms with Crippen LogP contribution in [0.5, 0.6) is 0 Å². The summed E-state index contributed by atoms with van der Waals surface area (Å²) in [5.41, 5.74) is 0. The van der Waals surface area contributed by atoms with Gasteiger partial charge in [-0.2, -0.15) is 0 Å². The third kappa shape index (κ3) is 2.16. The molecule has 2 heterocycles. The maximum absolute atomic E-state index is 9.04. The van der Waals surface area contributed by atoms with E-state index in [9.17, 15) is 0 Å². The lowest BCUT2D eigenvalue weighted by Gasteiger charge is -2.28. The zero-order valence-electron chi connectivity index (χ0n) is 8.40. The lowest BCUT2D eigenvalue weighted by atomic mass is 10.0. The molecule has 1 aromatic heterocycles. The predicted molar refractivity (Wildman–Crippen MR) is 57.6 cm³/mol. The van der Waals surface area contributed by atoms with Gasteiger partial charge in [0.05, 0.1) is 18.8 Å². The van der Waals surface area contributed by atoms with Crippen LogP contribution in [-0.2, 0) is 4.74 Å². The zero-order valence-corrected chi connectivity index (χ0v) is 9.22. The van der Waals surface area contributed by atoms with Gasteiger partial charge in [0, 0.05) is 9.75 Å². The fourth-order valence-electron chi connectivity index (χ4n) is 1.87. The summed E-state index contributed by atoms with van der Waals surface area (Å²) in [6, 6.07) is 4.27. The minimum absolute atomic E-state index is 0.0520. The van der Waals surface area contributed by atoms with E-state index < -0.39 is 0 Å². The number of aliphatic hydroxyl groups is 1. The van der Waals surface area contributed by atoms with E-state index in [4.69, 9.17) is 9.84 Å². The first-order valence-corrected chi connectivity index (χ1v) is 5.94. The van der Waals surface area contributed by atoms with E-state index in [0.29, 0.717) is 0 Å². The smallest absolute Gasteiger partial charge is 0.0921 e. The molecule has 78 valence electrons. The first kappa shape index (κ1) is 10.1. The van der Waals surface area contributed by atoms with Crippen molar-refractivity contribution in [2.75, 3.05) is 6.61 Å². The molecule has 2 atom stereocenters. The Morgan fingerprint density at radius 2 is 2.36 bits per heavy atom. The van der Waals surface area contributed by atoms with Gasteiger partial charge >= 0.3 is 0 Å². The predicted octanol–water partition coefficient (Wildman–Crippen LogP) is 2.66. The second-order valence-electron chi connectivity index (χ2n) is 3.81. The molecule has 1 N–H and O–H groups in total. The van der Waals surface area contributed by atoms with Crippen molar-refractivity contribution in [1.29, 1.82) is 0 Å². The van der Waals surface area contributed by atoms with E-state index in [1.165, 1.54) is 9.75 Å². The van der Waals surface area contributed by atoms with Gasteiger partial charge in [-0.25, -0.2) is 0 Å². The molecule has 0 aliphatic carbocycles. The van der Waals surface area contributed by atoms with Crippen molar-refractivity contribution in [3.8, 4) is 0 Å². The van der Waals surface area contributed by atoms with Crippen molar-refractivity contribution in [2.24, 2.45) is 0 Å². The SMILES string of the molecule is Cc1ccc(C2CCCC(CO)O2)s1. The average Bonchev–Trinajstić information content (AvgIpc) is 2.65. The van der Waals surface area contributed by atoms with Crippen molar-refractivity contribution in [1.82, 2.24) is 0 Å². The highest BCUT2D eigenvalue weighted by atomic mass is 32.1. The van der Waals surface area contributed by atoms with Crippen LogP contribution in [0, 0.1) is 6.92 Å². The Balaban J connectivity index is 2.04. The van der Waals surface area contributed by atoms with Crippen LogP contribution in [0.25, 0.3) is 0 Å². The van der Waals surface area contributed by atoms with Gasteiger partial charge in [-0.3, -0.25) is 0 Å². The third-order valence-corrected chi connectivity index (χ3v) is 3.72. The number of hydrogen-bond acceptors (Lipinski definition) is 3. The number of ether oxygens (including phenoxy) is 1. The number of hydrogen-bond donors (Lipinski definition) is 1. The van der Waals surface area contributed by atoms with E-state index in [2.05, 4.69) is 19.1 Å². The van der Waals surface area contributed by atoms with Gasteiger partial charge in [-0.05, 0) is 38.3 Å². The summed E-state index contributed by atoms with van der Waals surface area (Å²) in [7, 11) is 0. The van der Waals surface area contributed by atoms with Gasteiger partial charge in [-0.15, -0.1) is 11.3 Å². The molecule has 3 heteroatoms. The Morgan fingerprint density at radius 1 is 1.50 bits per heavy atom. The van der Waals surface area contributed by atoms with Gasteiger partial charge in [0.15, 0.2) is 0 Å². The molecule has 0 bridgehead atoms. The molecular weight excluding hydrogens is 196 g/mol. The first-order chi connectivity index (χ1) is 6.79. The molecule has 1 aromatic rings. The molecule has 1 saturated heterocycles. The van der Waals surface area contributed by atoms with E-state index in [1.807, 2.05) is 0 Å². The van der Waals surface area contributed by atoms with Crippen LogP contribution < -0.4 is 0 Å². The second-order valence-corrected chi connectivity index (χ2v) is 5.13. The molecule has 1 aliphatic heterocycles. The summed E-state index contributed by atoms with van der Waals surface area (Å²) in [5.74, 6) is 0. The molecule has 0 aromatic carbocycles. The number of aryl methyl sites for hydroxylation is 1. The van der Waals surface area contributed by atoms with Crippen molar-refractivity contribution in [3.05, 3.63) is 21.9 Å². The van der Waals surface area contributed by atoms with Crippen LogP contribution >= 0.6 is 11.3 Å². The number of rotatable bonds is 2. The summed E-state index contributed by atoms with van der Waals surface area (Å²) < 4.78 is 5.80. The van der Waals surface area contributed by atoms with Crippen LogP contribution in [0.2, 0.25) is 0 Å². The Kier molecular flexibility index (Phi) is 3.21. The van der Waals surface area contributed by atoms with Crippen molar-refractivity contribution < 1.29 is 9.84 Å². The topological polar surface area (TPSA) is 29.5 Å². The summed E-state index contributed by atoms with van der Waals surface area (Å²) in [6.07, 6.45) is 3.52. The second kappa shape index (κ2) is 4.43. The van der Waals surface area contributed by atoms with Crippen LogP contribution in [-0.4, -0.2) is 17.8 Å². The summed E-state index contributed by atoms with van der Waals surface area (Å²) in [6.45, 7) is 2.27. The average molecular weight is 212 g/mol. The molecule has 0 amide bonds. The summed E-state index contributed by atoms with van der Waals surface area (Å²) in [4.78, 5) is 2.63. The van der Waals surface area contributed by atoms with E-state index in [0.717, 1.165) is 19.3 Å². The Hall–Kier alpha value is -0.380. The fraction of sp³-hybridized carbons (Fsp3) is 0.636. The van der Waals surface area contributed by atoms with Gasteiger partial charge in [0.25, 0.3) is 0 Å². The largest absolute Gasteiger partial charge is 0.394 e. The Bertz CT molecular complexity index is 295. The number of aliphatic hydroxyl groups excluding tert-OH is 1. The molecule has 2 nitrogen and oxygen atoms in total. The molecule has 14 heavy (non-hydrogen) atoms. The highest BCUT2D eigenvalue weighted by Gasteiger charge is 2.23. The van der Waals surface area contributed by atoms with Crippen LogP contribution in [0.3, 0.4) is 0 Å². The van der Waals surface area contributed by atoms with Gasteiger partial charge in [0.2, 0.25) is 0 Å². The van der Waals surface area contributed by atoms with Crippen molar-refractivity contribution in [2.45, 2.75) is 38.4 Å². The number of thiophene rings is 1. The lowest BCUT2D eigenvalue weighted by molar-refractivity contribution is -0.0722. The van der Waals surface area contributed by atoms with E-state index in [1.54, 1.807) is 11.3 Å². The molecule has 0 saturated carbocycles.